The number of H-pyrrole nitrogens is 1. The van der Waals surface area contributed by atoms with Crippen molar-refractivity contribution in [3.63, 3.8) is 0 Å². The van der Waals surface area contributed by atoms with Gasteiger partial charge in [0.25, 0.3) is 0 Å². The molecule has 0 saturated carbocycles. The van der Waals surface area contributed by atoms with E-state index >= 15 is 0 Å². The minimum absolute atomic E-state index is 0.287. The third kappa shape index (κ3) is 2.64. The molecule has 2 atom stereocenters. The normalized spacial score (nSPS) is 25.5. The molecule has 1 aromatic heterocycles. The summed E-state index contributed by atoms with van der Waals surface area (Å²) in [5, 5.41) is 22.2. The molecule has 0 bridgehead atoms. The zero-order chi connectivity index (χ0) is 11.5. The summed E-state index contributed by atoms with van der Waals surface area (Å²) >= 11 is 4.81. The van der Waals surface area contributed by atoms with Crippen molar-refractivity contribution in [1.29, 1.82) is 0 Å². The lowest BCUT2D eigenvalue weighted by Crippen LogP contribution is -2.44. The van der Waals surface area contributed by atoms with Crippen molar-refractivity contribution in [2.45, 2.75) is 25.4 Å². The number of hydrogen-bond acceptors (Lipinski definition) is 5. The van der Waals surface area contributed by atoms with Crippen molar-refractivity contribution in [2.75, 3.05) is 6.54 Å². The maximum Gasteiger partial charge on any atom is 0.320 e. The molecule has 0 aliphatic carbocycles. The predicted molar refractivity (Wildman–Crippen MR) is 57.4 cm³/mol. The van der Waals surface area contributed by atoms with Crippen LogP contribution in [0.5, 0.6) is 0 Å². The van der Waals surface area contributed by atoms with Crippen molar-refractivity contribution < 1.29 is 9.90 Å². The molecule has 8 heteroatoms. The van der Waals surface area contributed by atoms with Crippen molar-refractivity contribution >= 4 is 18.2 Å². The van der Waals surface area contributed by atoms with Crippen molar-refractivity contribution in [1.82, 2.24) is 25.5 Å². The molecule has 1 saturated heterocycles. The highest BCUT2D eigenvalue weighted by Gasteiger charge is 2.26. The van der Waals surface area contributed by atoms with Crippen LogP contribution in [0.1, 0.15) is 12.8 Å². The number of rotatable bonds is 3. The van der Waals surface area contributed by atoms with Crippen LogP contribution in [0.25, 0.3) is 0 Å². The molecule has 1 aromatic rings. The Balaban J connectivity index is 1.95. The van der Waals surface area contributed by atoms with E-state index in [1.54, 1.807) is 4.80 Å². The number of hydrogen-bond donors (Lipinski definition) is 3. The summed E-state index contributed by atoms with van der Waals surface area (Å²) in [6.07, 6.45) is 1.54. The fourth-order valence-corrected chi connectivity index (χ4v) is 2.07. The van der Waals surface area contributed by atoms with Crippen molar-refractivity contribution in [3.8, 4) is 0 Å². The van der Waals surface area contributed by atoms with Gasteiger partial charge in [0.1, 0.15) is 6.04 Å². The second-order valence-corrected chi connectivity index (χ2v) is 4.31. The van der Waals surface area contributed by atoms with Crippen molar-refractivity contribution in [2.24, 2.45) is 5.92 Å². The van der Waals surface area contributed by atoms with E-state index in [1.807, 2.05) is 0 Å². The van der Waals surface area contributed by atoms with Gasteiger partial charge in [-0.3, -0.25) is 9.89 Å². The van der Waals surface area contributed by atoms with Gasteiger partial charge in [0.15, 0.2) is 0 Å². The molecule has 2 unspecified atom stereocenters. The third-order valence-corrected chi connectivity index (χ3v) is 2.88. The van der Waals surface area contributed by atoms with E-state index in [2.05, 4.69) is 20.7 Å². The molecule has 1 aliphatic heterocycles. The summed E-state index contributed by atoms with van der Waals surface area (Å²) in [5.41, 5.74) is 0. The molecular weight excluding hydrogens is 230 g/mol. The Labute approximate surface area is 96.8 Å². The van der Waals surface area contributed by atoms with E-state index in [-0.39, 0.29) is 5.92 Å². The molecule has 1 aliphatic rings. The number of carboxylic acids is 1. The highest BCUT2D eigenvalue weighted by atomic mass is 32.1. The topological polar surface area (TPSA) is 95.8 Å². The summed E-state index contributed by atoms with van der Waals surface area (Å²) in [6, 6.07) is -0.453. The molecule has 0 amide bonds. The molecular formula is C8H13N5O2S. The predicted octanol–water partition coefficient (Wildman–Crippen LogP) is -0.212. The summed E-state index contributed by atoms with van der Waals surface area (Å²) in [7, 11) is 0. The molecule has 2 heterocycles. The quantitative estimate of drug-likeness (QED) is 0.636. The smallest absolute Gasteiger partial charge is 0.320 e. The summed E-state index contributed by atoms with van der Waals surface area (Å²) in [4.78, 5) is 12.4. The van der Waals surface area contributed by atoms with Crippen LogP contribution >= 0.6 is 12.2 Å². The summed E-state index contributed by atoms with van der Waals surface area (Å²) in [5.74, 6) is -0.508. The van der Waals surface area contributed by atoms with Crippen LogP contribution in [0.3, 0.4) is 0 Å². The highest BCUT2D eigenvalue weighted by Crippen LogP contribution is 2.17. The van der Waals surface area contributed by atoms with Crippen LogP contribution in [0.4, 0.5) is 0 Å². The number of nitrogens with zero attached hydrogens (tertiary/aromatic N) is 3. The number of piperidine rings is 1. The second-order valence-electron chi connectivity index (χ2n) is 3.92. The van der Waals surface area contributed by atoms with Gasteiger partial charge < -0.3 is 10.4 Å². The van der Waals surface area contributed by atoms with Gasteiger partial charge in [-0.1, -0.05) is 5.10 Å². The lowest BCUT2D eigenvalue weighted by Gasteiger charge is -2.27. The van der Waals surface area contributed by atoms with Crippen molar-refractivity contribution in [3.05, 3.63) is 4.77 Å². The first kappa shape index (κ1) is 11.2. The molecule has 1 fully saturated rings. The van der Waals surface area contributed by atoms with Crippen LogP contribution in [-0.4, -0.2) is 43.9 Å². The van der Waals surface area contributed by atoms with Gasteiger partial charge in [-0.15, -0.1) is 0 Å². The Hall–Kier alpha value is -1.28. The average molecular weight is 243 g/mol. The minimum atomic E-state index is -0.795. The first-order valence-electron chi connectivity index (χ1n) is 5.11. The van der Waals surface area contributed by atoms with Gasteiger partial charge >= 0.3 is 5.97 Å². The molecule has 0 spiro atoms. The minimum Gasteiger partial charge on any atom is -0.480 e. The monoisotopic (exact) mass is 243 g/mol. The largest absolute Gasteiger partial charge is 0.480 e. The molecule has 2 rings (SSSR count). The number of carbonyl (C=O) groups is 1. The Morgan fingerprint density at radius 2 is 2.50 bits per heavy atom. The second kappa shape index (κ2) is 4.71. The molecule has 16 heavy (non-hydrogen) atoms. The van der Waals surface area contributed by atoms with Gasteiger partial charge in [-0.05, 0) is 42.7 Å². The van der Waals surface area contributed by atoms with Crippen LogP contribution in [0, 0.1) is 10.7 Å². The Kier molecular flexibility index (Phi) is 3.30. The first-order chi connectivity index (χ1) is 7.65. The molecule has 0 aromatic carbocycles. The number of aromatic nitrogens is 4. The molecule has 3 N–H and O–H groups in total. The van der Waals surface area contributed by atoms with E-state index < -0.39 is 12.0 Å². The first-order valence-corrected chi connectivity index (χ1v) is 5.52. The van der Waals surface area contributed by atoms with E-state index in [0.29, 0.717) is 17.7 Å². The van der Waals surface area contributed by atoms with Gasteiger partial charge in [0.05, 0.1) is 6.54 Å². The van der Waals surface area contributed by atoms with E-state index in [0.717, 1.165) is 13.0 Å². The van der Waals surface area contributed by atoms with Crippen LogP contribution in [-0.2, 0) is 11.3 Å². The van der Waals surface area contributed by atoms with E-state index in [9.17, 15) is 4.79 Å². The number of aromatic amines is 1. The lowest BCUT2D eigenvalue weighted by molar-refractivity contribution is -0.140. The molecule has 0 radical (unpaired) electrons. The van der Waals surface area contributed by atoms with Gasteiger partial charge in [0.2, 0.25) is 4.77 Å². The zero-order valence-corrected chi connectivity index (χ0v) is 9.40. The van der Waals surface area contributed by atoms with Gasteiger partial charge in [0, 0.05) is 0 Å². The standard InChI is InChI=1S/C8H13N5O2S/c14-7(15)6-3-5(1-2-9-6)4-13-11-8(16)10-12-13/h5-6,9H,1-4H2,(H,11,16)(H,14,15). The fraction of sp³-hybridized carbons (Fsp3) is 0.750. The Morgan fingerprint density at radius 3 is 3.12 bits per heavy atom. The zero-order valence-electron chi connectivity index (χ0n) is 8.59. The average Bonchev–Trinajstić information content (AvgIpc) is 2.64. The maximum atomic E-state index is 10.8. The Morgan fingerprint density at radius 1 is 1.69 bits per heavy atom. The van der Waals surface area contributed by atoms with Gasteiger partial charge in [-0.2, -0.15) is 4.80 Å². The van der Waals surface area contributed by atoms with Crippen LogP contribution in [0.2, 0.25) is 0 Å². The fourth-order valence-electron chi connectivity index (χ4n) is 1.93. The highest BCUT2D eigenvalue weighted by molar-refractivity contribution is 7.71. The summed E-state index contributed by atoms with van der Waals surface area (Å²) in [6.45, 7) is 1.35. The maximum absolute atomic E-state index is 10.8. The lowest BCUT2D eigenvalue weighted by atomic mass is 9.92. The van der Waals surface area contributed by atoms with E-state index in [4.69, 9.17) is 17.3 Å². The number of carboxylic acid groups (broad SMARTS) is 1. The SMILES string of the molecule is O=C(O)C1CC(Cn2nnc(=S)[nH]2)CCN1. The number of nitrogens with one attached hydrogen (secondary N) is 2. The van der Waals surface area contributed by atoms with Crippen LogP contribution < -0.4 is 5.32 Å². The number of tetrazole rings is 1. The Bertz CT molecular complexity index is 428. The van der Waals surface area contributed by atoms with Crippen LogP contribution in [0.15, 0.2) is 0 Å². The summed E-state index contributed by atoms with van der Waals surface area (Å²) < 4.78 is 0.351. The number of aliphatic carboxylic acids is 1. The van der Waals surface area contributed by atoms with E-state index in [1.165, 1.54) is 0 Å². The van der Waals surface area contributed by atoms with Gasteiger partial charge in [-0.25, -0.2) is 0 Å². The third-order valence-electron chi connectivity index (χ3n) is 2.71. The molecule has 88 valence electrons. The molecule has 7 nitrogen and oxygen atoms in total.